The second kappa shape index (κ2) is 7.68. The number of nitrogens with one attached hydrogen (secondary N) is 1. The van der Waals surface area contributed by atoms with Crippen LogP contribution in [-0.2, 0) is 11.3 Å². The summed E-state index contributed by atoms with van der Waals surface area (Å²) in [6.07, 6.45) is 0. The highest BCUT2D eigenvalue weighted by Crippen LogP contribution is 2.18. The van der Waals surface area contributed by atoms with E-state index in [4.69, 9.17) is 0 Å². The quantitative estimate of drug-likeness (QED) is 0.542. The molecule has 4 rings (SSSR count). The van der Waals surface area contributed by atoms with Crippen molar-refractivity contribution in [1.29, 1.82) is 0 Å². The van der Waals surface area contributed by atoms with Crippen LogP contribution in [0.2, 0.25) is 0 Å². The van der Waals surface area contributed by atoms with Gasteiger partial charge >= 0.3 is 5.69 Å². The van der Waals surface area contributed by atoms with Crippen LogP contribution < -0.4 is 16.6 Å². The number of carbonyl (C=O) groups is 1. The molecule has 4 aromatic rings. The SMILES string of the molecule is Cc1ccc(NC(=O)Cn2c(=O)n(-c3ccccc3F)c(=O)c3sccc32)cc1F. The first-order chi connectivity index (χ1) is 14.4. The van der Waals surface area contributed by atoms with Crippen molar-refractivity contribution >= 4 is 33.1 Å². The van der Waals surface area contributed by atoms with E-state index < -0.39 is 35.3 Å². The van der Waals surface area contributed by atoms with E-state index in [1.54, 1.807) is 24.4 Å². The van der Waals surface area contributed by atoms with E-state index in [-0.39, 0.29) is 21.6 Å². The molecule has 0 fully saturated rings. The lowest BCUT2D eigenvalue weighted by molar-refractivity contribution is -0.116. The van der Waals surface area contributed by atoms with Gasteiger partial charge in [-0.15, -0.1) is 11.3 Å². The van der Waals surface area contributed by atoms with Crippen molar-refractivity contribution in [3.63, 3.8) is 0 Å². The number of rotatable bonds is 4. The summed E-state index contributed by atoms with van der Waals surface area (Å²) in [6, 6.07) is 11.2. The van der Waals surface area contributed by atoms with Crippen LogP contribution in [0.15, 0.2) is 63.5 Å². The van der Waals surface area contributed by atoms with Gasteiger partial charge in [0.25, 0.3) is 5.56 Å². The van der Waals surface area contributed by atoms with E-state index in [9.17, 15) is 23.2 Å². The summed E-state index contributed by atoms with van der Waals surface area (Å²) in [7, 11) is 0. The van der Waals surface area contributed by atoms with E-state index in [1.807, 2.05) is 0 Å². The summed E-state index contributed by atoms with van der Waals surface area (Å²) < 4.78 is 30.1. The molecule has 30 heavy (non-hydrogen) atoms. The van der Waals surface area contributed by atoms with Crippen molar-refractivity contribution in [2.45, 2.75) is 13.5 Å². The smallest absolute Gasteiger partial charge is 0.324 e. The fourth-order valence-corrected chi connectivity index (χ4v) is 3.92. The van der Waals surface area contributed by atoms with Crippen LogP contribution in [0, 0.1) is 18.6 Å². The molecule has 0 spiro atoms. The molecular weight excluding hydrogens is 412 g/mol. The van der Waals surface area contributed by atoms with Gasteiger partial charge in [-0.25, -0.2) is 18.1 Å². The molecule has 0 saturated carbocycles. The van der Waals surface area contributed by atoms with E-state index >= 15 is 0 Å². The van der Waals surface area contributed by atoms with Crippen molar-refractivity contribution in [1.82, 2.24) is 9.13 Å². The molecular formula is C21H15F2N3O3S. The lowest BCUT2D eigenvalue weighted by Crippen LogP contribution is -2.40. The van der Waals surface area contributed by atoms with Crippen molar-refractivity contribution in [3.8, 4) is 5.69 Å². The van der Waals surface area contributed by atoms with Crippen LogP contribution in [0.1, 0.15) is 5.56 Å². The number of halogens is 2. The molecule has 0 aliphatic rings. The van der Waals surface area contributed by atoms with Gasteiger partial charge in [0.1, 0.15) is 22.9 Å². The van der Waals surface area contributed by atoms with Crippen LogP contribution in [0.5, 0.6) is 0 Å². The number of para-hydroxylation sites is 1. The fraction of sp³-hybridized carbons (Fsp3) is 0.0952. The second-order valence-electron chi connectivity index (χ2n) is 6.61. The van der Waals surface area contributed by atoms with E-state index in [1.165, 1.54) is 30.3 Å². The van der Waals surface area contributed by atoms with Crippen molar-refractivity contribution < 1.29 is 13.6 Å². The minimum atomic E-state index is -0.846. The third kappa shape index (κ3) is 3.43. The predicted octanol–water partition coefficient (Wildman–Crippen LogP) is 3.44. The maximum Gasteiger partial charge on any atom is 0.336 e. The molecule has 1 N–H and O–H groups in total. The van der Waals surface area contributed by atoms with E-state index in [0.717, 1.165) is 22.0 Å². The first-order valence-corrected chi connectivity index (χ1v) is 9.79. The summed E-state index contributed by atoms with van der Waals surface area (Å²) in [5, 5.41) is 4.14. The third-order valence-electron chi connectivity index (χ3n) is 4.61. The van der Waals surface area contributed by atoms with Gasteiger partial charge in [0.15, 0.2) is 0 Å². The van der Waals surface area contributed by atoms with Crippen molar-refractivity contribution in [2.24, 2.45) is 0 Å². The van der Waals surface area contributed by atoms with Gasteiger partial charge in [-0.1, -0.05) is 18.2 Å². The number of aromatic nitrogens is 2. The molecule has 6 nitrogen and oxygen atoms in total. The first-order valence-electron chi connectivity index (χ1n) is 8.91. The van der Waals surface area contributed by atoms with Crippen LogP contribution in [0.4, 0.5) is 14.5 Å². The Kier molecular flexibility index (Phi) is 5.04. The van der Waals surface area contributed by atoms with Gasteiger partial charge in [0.05, 0.1) is 11.2 Å². The molecule has 1 amide bonds. The van der Waals surface area contributed by atoms with Crippen LogP contribution in [-0.4, -0.2) is 15.0 Å². The number of hydrogen-bond acceptors (Lipinski definition) is 4. The topological polar surface area (TPSA) is 73.1 Å². The monoisotopic (exact) mass is 427 g/mol. The molecule has 0 radical (unpaired) electrons. The molecule has 2 aromatic carbocycles. The van der Waals surface area contributed by atoms with E-state index in [0.29, 0.717) is 10.1 Å². The lowest BCUT2D eigenvalue weighted by Gasteiger charge is -2.13. The zero-order valence-electron chi connectivity index (χ0n) is 15.7. The minimum absolute atomic E-state index is 0.197. The normalized spacial score (nSPS) is 11.0. The Morgan fingerprint density at radius 3 is 2.57 bits per heavy atom. The van der Waals surface area contributed by atoms with Gasteiger partial charge < -0.3 is 5.32 Å². The molecule has 2 heterocycles. The fourth-order valence-electron chi connectivity index (χ4n) is 3.10. The Balaban J connectivity index is 1.79. The summed E-state index contributed by atoms with van der Waals surface area (Å²) >= 11 is 1.09. The highest BCUT2D eigenvalue weighted by Gasteiger charge is 2.19. The zero-order chi connectivity index (χ0) is 21.4. The number of thiophene rings is 1. The van der Waals surface area contributed by atoms with Crippen LogP contribution in [0.3, 0.4) is 0 Å². The standard InChI is InChI=1S/C21H15F2N3O3S/c1-12-6-7-13(10-15(12)23)24-18(27)11-25-17-8-9-30-19(17)20(28)26(21(25)29)16-5-3-2-4-14(16)22/h2-10H,11H2,1H3,(H,24,27). The van der Waals surface area contributed by atoms with Crippen LogP contribution in [0.25, 0.3) is 15.9 Å². The summed E-state index contributed by atoms with van der Waals surface area (Å²) in [6.45, 7) is 1.16. The molecule has 0 unspecified atom stereocenters. The number of hydrogen-bond donors (Lipinski definition) is 1. The second-order valence-corrected chi connectivity index (χ2v) is 7.52. The Hall–Kier alpha value is -3.59. The number of nitrogens with zero attached hydrogens (tertiary/aromatic N) is 2. The number of anilines is 1. The Morgan fingerprint density at radius 2 is 1.83 bits per heavy atom. The average molecular weight is 427 g/mol. The number of carbonyl (C=O) groups excluding carboxylic acids is 1. The number of amides is 1. The Bertz CT molecular complexity index is 1400. The molecule has 9 heteroatoms. The highest BCUT2D eigenvalue weighted by molar-refractivity contribution is 7.17. The van der Waals surface area contributed by atoms with Gasteiger partial charge in [0.2, 0.25) is 5.91 Å². The third-order valence-corrected chi connectivity index (χ3v) is 5.50. The van der Waals surface area contributed by atoms with Gasteiger partial charge in [-0.2, -0.15) is 0 Å². The lowest BCUT2D eigenvalue weighted by atomic mass is 10.2. The zero-order valence-corrected chi connectivity index (χ0v) is 16.5. The minimum Gasteiger partial charge on any atom is -0.324 e. The maximum atomic E-state index is 14.3. The van der Waals surface area contributed by atoms with Gasteiger partial charge in [-0.3, -0.25) is 14.2 Å². The number of fused-ring (bicyclic) bond motifs is 1. The number of aryl methyl sites for hydroxylation is 1. The van der Waals surface area contributed by atoms with Crippen molar-refractivity contribution in [2.75, 3.05) is 5.32 Å². The molecule has 0 bridgehead atoms. The average Bonchev–Trinajstić information content (AvgIpc) is 3.20. The summed E-state index contributed by atoms with van der Waals surface area (Å²) in [5.41, 5.74) is -0.764. The molecule has 0 atom stereocenters. The van der Waals surface area contributed by atoms with E-state index in [2.05, 4.69) is 5.32 Å². The number of benzene rings is 2. The highest BCUT2D eigenvalue weighted by atomic mass is 32.1. The maximum absolute atomic E-state index is 14.3. The summed E-state index contributed by atoms with van der Waals surface area (Å²) in [4.78, 5) is 38.4. The van der Waals surface area contributed by atoms with Crippen LogP contribution >= 0.6 is 11.3 Å². The summed E-state index contributed by atoms with van der Waals surface area (Å²) in [5.74, 6) is -1.80. The largest absolute Gasteiger partial charge is 0.336 e. The molecule has 152 valence electrons. The Morgan fingerprint density at radius 1 is 1.07 bits per heavy atom. The first kappa shape index (κ1) is 19.7. The molecule has 0 aliphatic carbocycles. The van der Waals surface area contributed by atoms with Gasteiger partial charge in [0, 0.05) is 5.69 Å². The molecule has 0 aliphatic heterocycles. The molecule has 2 aromatic heterocycles. The van der Waals surface area contributed by atoms with Gasteiger partial charge in [-0.05, 0) is 48.2 Å². The van der Waals surface area contributed by atoms with Crippen molar-refractivity contribution in [3.05, 3.63) is 91.9 Å². The molecule has 0 saturated heterocycles. The Labute approximate surface area is 172 Å². The predicted molar refractivity (Wildman–Crippen MR) is 111 cm³/mol.